The van der Waals surface area contributed by atoms with Crippen molar-refractivity contribution in [3.05, 3.63) is 65.5 Å². The molecule has 1 amide bonds. The van der Waals surface area contributed by atoms with E-state index in [1.54, 1.807) is 0 Å². The summed E-state index contributed by atoms with van der Waals surface area (Å²) in [7, 11) is 0. The Hall–Kier alpha value is -2.64. The van der Waals surface area contributed by atoms with Gasteiger partial charge in [-0.15, -0.1) is 11.8 Å². The van der Waals surface area contributed by atoms with Crippen LogP contribution in [0.2, 0.25) is 0 Å². The molecule has 1 fully saturated rings. The van der Waals surface area contributed by atoms with Crippen LogP contribution in [0, 0.1) is 19.8 Å². The molecule has 0 saturated carbocycles. The van der Waals surface area contributed by atoms with Crippen molar-refractivity contribution in [3.8, 4) is 11.4 Å². The van der Waals surface area contributed by atoms with Crippen LogP contribution in [0.3, 0.4) is 0 Å². The van der Waals surface area contributed by atoms with Crippen LogP contribution in [0.5, 0.6) is 0 Å². The number of benzene rings is 2. The fraction of sp³-hybridized carbons (Fsp3) is 0.423. The van der Waals surface area contributed by atoms with Crippen LogP contribution in [-0.4, -0.2) is 46.3 Å². The third-order valence-electron chi connectivity index (χ3n) is 6.01. The van der Waals surface area contributed by atoms with E-state index in [0.29, 0.717) is 18.3 Å². The highest BCUT2D eigenvalue weighted by Crippen LogP contribution is 2.22. The molecule has 174 valence electrons. The molecule has 0 bridgehead atoms. The molecule has 1 aliphatic rings. The summed E-state index contributed by atoms with van der Waals surface area (Å²) < 4.78 is 5.46. The number of thioether (sulfide) groups is 1. The monoisotopic (exact) mass is 464 g/mol. The number of hydrogen-bond acceptors (Lipinski definition) is 6. The predicted molar refractivity (Wildman–Crippen MR) is 132 cm³/mol. The average Bonchev–Trinajstić information content (AvgIpc) is 3.29. The molecule has 6 nitrogen and oxygen atoms in total. The molecule has 3 aromatic rings. The summed E-state index contributed by atoms with van der Waals surface area (Å²) in [6.45, 7) is 7.25. The molecule has 4 rings (SSSR count). The standard InChI is InChI=1S/C26H32N4O2S/c1-19-4-8-21(9-5-19)25-28-24(32-29-25)18-30-15-12-22(13-16-30)26(31)27-14-3-17-33-23-10-6-20(2)7-11-23/h4-11,22H,3,12-18H2,1-2H3,(H,27,31). The van der Waals surface area contributed by atoms with Crippen LogP contribution in [0.4, 0.5) is 0 Å². The van der Waals surface area contributed by atoms with Gasteiger partial charge in [0.2, 0.25) is 17.6 Å². The zero-order valence-electron chi connectivity index (χ0n) is 19.4. The van der Waals surface area contributed by atoms with E-state index in [0.717, 1.165) is 50.2 Å². The summed E-state index contributed by atoms with van der Waals surface area (Å²) in [5.74, 6) is 2.54. The molecule has 1 aliphatic heterocycles. The van der Waals surface area contributed by atoms with Crippen molar-refractivity contribution in [1.29, 1.82) is 0 Å². The van der Waals surface area contributed by atoms with E-state index >= 15 is 0 Å². The van der Waals surface area contributed by atoms with Gasteiger partial charge in [0.05, 0.1) is 6.54 Å². The number of nitrogens with one attached hydrogen (secondary N) is 1. The summed E-state index contributed by atoms with van der Waals surface area (Å²) in [6.07, 6.45) is 2.70. The zero-order valence-corrected chi connectivity index (χ0v) is 20.2. The van der Waals surface area contributed by atoms with Crippen LogP contribution < -0.4 is 5.32 Å². The molecule has 0 radical (unpaired) electrons. The number of aromatic nitrogens is 2. The molecule has 2 aromatic carbocycles. The first-order chi connectivity index (χ1) is 16.1. The minimum atomic E-state index is 0.0943. The molecule has 1 aromatic heterocycles. The van der Waals surface area contributed by atoms with Crippen LogP contribution in [0.15, 0.2) is 57.9 Å². The van der Waals surface area contributed by atoms with Gasteiger partial charge in [0, 0.05) is 22.9 Å². The number of rotatable bonds is 9. The van der Waals surface area contributed by atoms with Crippen molar-refractivity contribution in [2.45, 2.75) is 44.6 Å². The minimum Gasteiger partial charge on any atom is -0.356 e. The highest BCUT2D eigenvalue weighted by Gasteiger charge is 2.25. The molecule has 1 saturated heterocycles. The van der Waals surface area contributed by atoms with Crippen molar-refractivity contribution in [1.82, 2.24) is 20.4 Å². The molecule has 0 unspecified atom stereocenters. The quantitative estimate of drug-likeness (QED) is 0.360. The Kier molecular flexibility index (Phi) is 8.18. The zero-order chi connectivity index (χ0) is 23.0. The largest absolute Gasteiger partial charge is 0.356 e. The van der Waals surface area contributed by atoms with Gasteiger partial charge in [-0.2, -0.15) is 4.98 Å². The average molecular weight is 465 g/mol. The van der Waals surface area contributed by atoms with Gasteiger partial charge in [-0.3, -0.25) is 9.69 Å². The van der Waals surface area contributed by atoms with E-state index in [2.05, 4.69) is 58.5 Å². The lowest BCUT2D eigenvalue weighted by molar-refractivity contribution is -0.126. The second-order valence-electron chi connectivity index (χ2n) is 8.73. The van der Waals surface area contributed by atoms with Gasteiger partial charge in [0.25, 0.3) is 0 Å². The van der Waals surface area contributed by atoms with Gasteiger partial charge in [0.15, 0.2) is 0 Å². The van der Waals surface area contributed by atoms with Crippen molar-refractivity contribution < 1.29 is 9.32 Å². The lowest BCUT2D eigenvalue weighted by Gasteiger charge is -2.30. The predicted octanol–water partition coefficient (Wildman–Crippen LogP) is 4.86. The van der Waals surface area contributed by atoms with Crippen LogP contribution in [0.25, 0.3) is 11.4 Å². The van der Waals surface area contributed by atoms with Gasteiger partial charge in [-0.1, -0.05) is 52.7 Å². The van der Waals surface area contributed by atoms with Gasteiger partial charge in [0.1, 0.15) is 0 Å². The van der Waals surface area contributed by atoms with Crippen LogP contribution in [-0.2, 0) is 11.3 Å². The second-order valence-corrected chi connectivity index (χ2v) is 9.90. The van der Waals surface area contributed by atoms with E-state index < -0.39 is 0 Å². The second kappa shape index (κ2) is 11.5. The third-order valence-corrected chi connectivity index (χ3v) is 7.10. The first kappa shape index (κ1) is 23.5. The minimum absolute atomic E-state index is 0.0943. The maximum atomic E-state index is 12.5. The first-order valence-electron chi connectivity index (χ1n) is 11.7. The smallest absolute Gasteiger partial charge is 0.241 e. The third kappa shape index (κ3) is 6.92. The normalized spacial score (nSPS) is 15.0. The van der Waals surface area contributed by atoms with Crippen molar-refractivity contribution in [2.24, 2.45) is 5.92 Å². The summed E-state index contributed by atoms with van der Waals surface area (Å²) in [5, 5.41) is 7.24. The van der Waals surface area contributed by atoms with Crippen molar-refractivity contribution in [2.75, 3.05) is 25.4 Å². The van der Waals surface area contributed by atoms with Crippen LogP contribution >= 0.6 is 11.8 Å². The number of hydrogen-bond donors (Lipinski definition) is 1. The molecule has 33 heavy (non-hydrogen) atoms. The Bertz CT molecular complexity index is 1030. The van der Waals surface area contributed by atoms with E-state index in [1.807, 2.05) is 36.0 Å². The van der Waals surface area contributed by atoms with E-state index in [4.69, 9.17) is 4.52 Å². The van der Waals surface area contributed by atoms with Crippen LogP contribution in [0.1, 0.15) is 36.3 Å². The highest BCUT2D eigenvalue weighted by molar-refractivity contribution is 7.99. The van der Waals surface area contributed by atoms with Gasteiger partial charge < -0.3 is 9.84 Å². The van der Waals surface area contributed by atoms with Gasteiger partial charge in [-0.05, 0) is 64.1 Å². The maximum Gasteiger partial charge on any atom is 0.241 e. The molecule has 0 atom stereocenters. The SMILES string of the molecule is Cc1ccc(SCCCNC(=O)C2CCN(Cc3nc(-c4ccc(C)cc4)no3)CC2)cc1. The summed E-state index contributed by atoms with van der Waals surface area (Å²) in [5.41, 5.74) is 3.44. The Morgan fingerprint density at radius 1 is 1.06 bits per heavy atom. The summed E-state index contributed by atoms with van der Waals surface area (Å²) in [6, 6.07) is 16.7. The number of piperidine rings is 1. The Labute approximate surface area is 200 Å². The molecule has 0 aliphatic carbocycles. The Morgan fingerprint density at radius 2 is 1.73 bits per heavy atom. The summed E-state index contributed by atoms with van der Waals surface area (Å²) in [4.78, 5) is 20.7. The number of carbonyl (C=O) groups excluding carboxylic acids is 1. The number of likely N-dealkylation sites (tertiary alicyclic amines) is 1. The van der Waals surface area contributed by atoms with E-state index in [9.17, 15) is 4.79 Å². The Balaban J connectivity index is 1.13. The van der Waals surface area contributed by atoms with Crippen molar-refractivity contribution in [3.63, 3.8) is 0 Å². The number of amides is 1. The number of nitrogens with zero attached hydrogens (tertiary/aromatic N) is 3. The number of carbonyl (C=O) groups is 1. The first-order valence-corrected chi connectivity index (χ1v) is 12.6. The molecule has 2 heterocycles. The summed E-state index contributed by atoms with van der Waals surface area (Å²) >= 11 is 1.84. The van der Waals surface area contributed by atoms with E-state index in [-0.39, 0.29) is 11.8 Å². The highest BCUT2D eigenvalue weighted by atomic mass is 32.2. The lowest BCUT2D eigenvalue weighted by atomic mass is 9.96. The number of aryl methyl sites for hydroxylation is 2. The van der Waals surface area contributed by atoms with Crippen molar-refractivity contribution >= 4 is 17.7 Å². The molecular formula is C26H32N4O2S. The molecule has 1 N–H and O–H groups in total. The lowest BCUT2D eigenvalue weighted by Crippen LogP contribution is -2.40. The van der Waals surface area contributed by atoms with Gasteiger partial charge in [-0.25, -0.2) is 0 Å². The molecule has 0 spiro atoms. The maximum absolute atomic E-state index is 12.5. The molecule has 7 heteroatoms. The Morgan fingerprint density at radius 3 is 2.42 bits per heavy atom. The van der Waals surface area contributed by atoms with E-state index in [1.165, 1.54) is 16.0 Å². The topological polar surface area (TPSA) is 71.3 Å². The molecular weight excluding hydrogens is 432 g/mol. The fourth-order valence-electron chi connectivity index (χ4n) is 3.94. The van der Waals surface area contributed by atoms with Gasteiger partial charge >= 0.3 is 0 Å². The fourth-order valence-corrected chi connectivity index (χ4v) is 4.79.